The molecule has 0 atom stereocenters. The summed E-state index contributed by atoms with van der Waals surface area (Å²) in [4.78, 5) is 53.1. The van der Waals surface area contributed by atoms with E-state index in [2.05, 4.69) is 128 Å². The van der Waals surface area contributed by atoms with Gasteiger partial charge < -0.3 is 28.7 Å². The molecule has 7 rings (SSSR count). The third-order valence-corrected chi connectivity index (χ3v) is 12.4. The average molecular weight is 961 g/mol. The van der Waals surface area contributed by atoms with Gasteiger partial charge in [0.1, 0.15) is 5.76 Å². The number of thiophene rings is 1. The number of carbonyl (C=O) groups excluding carboxylic acids is 4. The van der Waals surface area contributed by atoms with Crippen LogP contribution in [0.25, 0.3) is 26.6 Å². The van der Waals surface area contributed by atoms with Crippen molar-refractivity contribution in [1.29, 1.82) is 0 Å². The van der Waals surface area contributed by atoms with Crippen LogP contribution >= 0.6 is 11.3 Å². The van der Waals surface area contributed by atoms with Gasteiger partial charge >= 0.3 is 23.9 Å². The summed E-state index contributed by atoms with van der Waals surface area (Å²) in [5, 5.41) is 0. The minimum absolute atomic E-state index is 0.224. The van der Waals surface area contributed by atoms with E-state index in [0.717, 1.165) is 96.0 Å². The Labute approximate surface area is 418 Å². The molecular formula is C60H52N2O8S. The zero-order valence-electron chi connectivity index (χ0n) is 39.2. The number of ether oxygens (including phenoxy) is 4. The summed E-state index contributed by atoms with van der Waals surface area (Å²) in [6.45, 7) is 18.5. The topological polar surface area (TPSA) is 112 Å². The summed E-state index contributed by atoms with van der Waals surface area (Å²) >= 11 is 1.71. The standard InChI is InChI=1S/C60H52N2O8S/c1-6-57(63)67-39-36-43-10-22-49(23-11-43)61(50-24-12-44(13-25-50)37-40-68-58(64)7-2)53-30-18-47(19-31-53)55-34-35-56(71-55)48-20-32-54(33-21-48)62(51-26-14-45(15-27-51)38-41-69-59(65)8-3)52-28-16-46(17-29-52)42(5)70-60(66)9-4/h6-35H,1-5,36-41H2. The Morgan fingerprint density at radius 1 is 0.394 bits per heavy atom. The summed E-state index contributed by atoms with van der Waals surface area (Å²) in [5.41, 5.74) is 11.5. The molecule has 7 aromatic rings. The van der Waals surface area contributed by atoms with Gasteiger partial charge in [-0.25, -0.2) is 19.2 Å². The monoisotopic (exact) mass is 960 g/mol. The number of nitrogens with zero attached hydrogens (tertiary/aromatic N) is 2. The van der Waals surface area contributed by atoms with Crippen LogP contribution in [0.4, 0.5) is 34.1 Å². The number of hydrogen-bond donors (Lipinski definition) is 0. The predicted molar refractivity (Wildman–Crippen MR) is 284 cm³/mol. The van der Waals surface area contributed by atoms with Crippen molar-refractivity contribution < 1.29 is 38.1 Å². The van der Waals surface area contributed by atoms with E-state index in [0.29, 0.717) is 24.8 Å². The third-order valence-electron chi connectivity index (χ3n) is 11.3. The van der Waals surface area contributed by atoms with Crippen LogP contribution in [0.5, 0.6) is 0 Å². The summed E-state index contributed by atoms with van der Waals surface area (Å²) in [5.74, 6) is -1.70. The number of esters is 4. The van der Waals surface area contributed by atoms with Crippen molar-refractivity contribution >= 4 is 75.1 Å². The molecule has 0 aliphatic carbocycles. The van der Waals surface area contributed by atoms with E-state index in [4.69, 9.17) is 18.9 Å². The van der Waals surface area contributed by atoms with Crippen molar-refractivity contribution in [3.8, 4) is 20.9 Å². The van der Waals surface area contributed by atoms with Gasteiger partial charge in [-0.05, 0) is 125 Å². The second-order valence-electron chi connectivity index (χ2n) is 15.9. The first-order valence-electron chi connectivity index (χ1n) is 22.7. The molecule has 10 nitrogen and oxygen atoms in total. The minimum atomic E-state index is -0.580. The lowest BCUT2D eigenvalue weighted by Crippen LogP contribution is -2.10. The highest BCUT2D eigenvalue weighted by Gasteiger charge is 2.17. The average Bonchev–Trinajstić information content (AvgIpc) is 3.91. The Bertz CT molecular complexity index is 2940. The molecule has 11 heteroatoms. The smallest absolute Gasteiger partial charge is 0.335 e. The van der Waals surface area contributed by atoms with Crippen molar-refractivity contribution in [2.45, 2.75) is 19.3 Å². The molecule has 0 spiro atoms. The fraction of sp³-hybridized carbons (Fsp3) is 0.100. The predicted octanol–water partition coefficient (Wildman–Crippen LogP) is 13.5. The summed E-state index contributed by atoms with van der Waals surface area (Å²) < 4.78 is 20.9. The Morgan fingerprint density at radius 2 is 0.676 bits per heavy atom. The molecule has 0 aliphatic rings. The summed E-state index contributed by atoms with van der Waals surface area (Å²) in [7, 11) is 0. The van der Waals surface area contributed by atoms with Crippen LogP contribution in [0.1, 0.15) is 22.3 Å². The lowest BCUT2D eigenvalue weighted by molar-refractivity contribution is -0.138. The van der Waals surface area contributed by atoms with E-state index in [1.54, 1.807) is 11.3 Å². The lowest BCUT2D eigenvalue weighted by Gasteiger charge is -2.26. The van der Waals surface area contributed by atoms with Gasteiger partial charge in [-0.2, -0.15) is 0 Å². The molecule has 0 amide bonds. The molecule has 0 unspecified atom stereocenters. The Balaban J connectivity index is 1.11. The first kappa shape index (κ1) is 50.1. The van der Waals surface area contributed by atoms with Crippen molar-refractivity contribution in [1.82, 2.24) is 0 Å². The SMILES string of the molecule is C=CC(=O)OCCc1ccc(N(c2ccc(CCOC(=O)C=C)cc2)c2ccc(-c3ccc(-c4ccc(N(c5ccc(CCOC(=O)C=C)cc5)c5ccc(C(=C)OC(=O)C=C)cc5)cc4)s3)cc2)cc1. The zero-order valence-corrected chi connectivity index (χ0v) is 40.0. The van der Waals surface area contributed by atoms with Crippen LogP contribution in [0, 0.1) is 0 Å². The van der Waals surface area contributed by atoms with Gasteiger partial charge in [0.2, 0.25) is 0 Å². The highest BCUT2D eigenvalue weighted by Crippen LogP contribution is 2.41. The van der Waals surface area contributed by atoms with Gasteiger partial charge in [-0.1, -0.05) is 93.6 Å². The molecule has 0 saturated heterocycles. The molecule has 0 bridgehead atoms. The summed E-state index contributed by atoms with van der Waals surface area (Å²) in [6, 6.07) is 53.3. The van der Waals surface area contributed by atoms with Crippen LogP contribution in [0.3, 0.4) is 0 Å². The molecule has 0 fully saturated rings. The number of benzene rings is 6. The summed E-state index contributed by atoms with van der Waals surface area (Å²) in [6.07, 6.45) is 6.28. The molecule has 71 heavy (non-hydrogen) atoms. The maximum atomic E-state index is 11.8. The van der Waals surface area contributed by atoms with Crippen molar-refractivity contribution in [3.05, 3.63) is 237 Å². The quantitative estimate of drug-likeness (QED) is 0.0266. The van der Waals surface area contributed by atoms with Crippen LogP contribution in [-0.2, 0) is 57.4 Å². The van der Waals surface area contributed by atoms with Crippen molar-refractivity contribution in [2.75, 3.05) is 29.6 Å². The van der Waals surface area contributed by atoms with Crippen LogP contribution in [-0.4, -0.2) is 43.7 Å². The Kier molecular flexibility index (Phi) is 17.3. The fourth-order valence-electron chi connectivity index (χ4n) is 7.53. The Morgan fingerprint density at radius 3 is 0.972 bits per heavy atom. The van der Waals surface area contributed by atoms with Crippen LogP contribution in [0.15, 0.2) is 215 Å². The van der Waals surface area contributed by atoms with E-state index < -0.39 is 23.9 Å². The number of carbonyl (C=O) groups is 4. The second kappa shape index (κ2) is 24.5. The van der Waals surface area contributed by atoms with Gasteiger partial charge in [0, 0.05) is 93.0 Å². The highest BCUT2D eigenvalue weighted by atomic mass is 32.1. The molecule has 6 aromatic carbocycles. The second-order valence-corrected chi connectivity index (χ2v) is 17.0. The molecule has 0 aliphatic heterocycles. The van der Waals surface area contributed by atoms with Crippen LogP contribution < -0.4 is 9.80 Å². The fourth-order valence-corrected chi connectivity index (χ4v) is 8.55. The first-order chi connectivity index (χ1) is 34.5. The number of rotatable bonds is 23. The third kappa shape index (κ3) is 13.5. The van der Waals surface area contributed by atoms with Gasteiger partial charge in [-0.3, -0.25) is 0 Å². The van der Waals surface area contributed by atoms with Gasteiger partial charge in [0.15, 0.2) is 0 Å². The zero-order chi connectivity index (χ0) is 50.1. The molecule has 0 saturated carbocycles. The van der Waals surface area contributed by atoms with E-state index in [9.17, 15) is 19.2 Å². The van der Waals surface area contributed by atoms with E-state index in [1.165, 1.54) is 0 Å². The largest absolute Gasteiger partial charge is 0.462 e. The number of anilines is 6. The van der Waals surface area contributed by atoms with Crippen LogP contribution in [0.2, 0.25) is 0 Å². The molecule has 0 radical (unpaired) electrons. The van der Waals surface area contributed by atoms with Crippen molar-refractivity contribution in [2.24, 2.45) is 0 Å². The van der Waals surface area contributed by atoms with Gasteiger partial charge in [0.25, 0.3) is 0 Å². The molecule has 0 N–H and O–H groups in total. The van der Waals surface area contributed by atoms with E-state index in [1.807, 2.05) is 72.8 Å². The lowest BCUT2D eigenvalue weighted by atomic mass is 10.1. The maximum Gasteiger partial charge on any atom is 0.335 e. The van der Waals surface area contributed by atoms with E-state index in [-0.39, 0.29) is 25.6 Å². The highest BCUT2D eigenvalue weighted by molar-refractivity contribution is 7.18. The van der Waals surface area contributed by atoms with E-state index >= 15 is 0 Å². The van der Waals surface area contributed by atoms with Crippen molar-refractivity contribution in [3.63, 3.8) is 0 Å². The van der Waals surface area contributed by atoms with Gasteiger partial charge in [-0.15, -0.1) is 11.3 Å². The molecule has 1 aromatic heterocycles. The molecule has 1 heterocycles. The maximum absolute atomic E-state index is 11.8. The normalized spacial score (nSPS) is 10.5. The number of hydrogen-bond acceptors (Lipinski definition) is 11. The first-order valence-corrected chi connectivity index (χ1v) is 23.6. The molecule has 356 valence electrons. The minimum Gasteiger partial charge on any atom is -0.462 e. The Hall–Kier alpha value is -8.80. The van der Waals surface area contributed by atoms with Gasteiger partial charge in [0.05, 0.1) is 19.8 Å². The molecular weight excluding hydrogens is 909 g/mol.